The van der Waals surface area contributed by atoms with Gasteiger partial charge >= 0.3 is 0 Å². The quantitative estimate of drug-likeness (QED) is 0.677. The van der Waals surface area contributed by atoms with Crippen molar-refractivity contribution in [3.8, 4) is 0 Å². The Morgan fingerprint density at radius 3 is 2.94 bits per heavy atom. The maximum atomic E-state index is 12.0. The minimum atomic E-state index is -0.269. The fourth-order valence-electron chi connectivity index (χ4n) is 2.26. The molecule has 6 nitrogen and oxygen atoms in total. The second-order valence-corrected chi connectivity index (χ2v) is 4.42. The number of carbonyl (C=O) groups is 2. The first-order valence-corrected chi connectivity index (χ1v) is 5.98. The average Bonchev–Trinajstić information content (AvgIpc) is 2.75. The zero-order valence-electron chi connectivity index (χ0n) is 9.80. The minimum absolute atomic E-state index is 0.0483. The monoisotopic (exact) mass is 242 g/mol. The molecule has 0 saturated carbocycles. The normalized spacial score (nSPS) is 25.5. The fourth-order valence-corrected chi connectivity index (χ4v) is 2.26. The first-order chi connectivity index (χ1) is 8.22. The summed E-state index contributed by atoms with van der Waals surface area (Å²) in [7, 11) is 0. The largest absolute Gasteiger partial charge is 0.394 e. The van der Waals surface area contributed by atoms with Gasteiger partial charge in [0.1, 0.15) is 0 Å². The lowest BCUT2D eigenvalue weighted by atomic mass is 10.2. The van der Waals surface area contributed by atoms with Crippen LogP contribution in [0.3, 0.4) is 0 Å². The van der Waals surface area contributed by atoms with Crippen molar-refractivity contribution in [2.45, 2.75) is 18.9 Å². The van der Waals surface area contributed by atoms with Gasteiger partial charge in [-0.1, -0.05) is 0 Å². The number of ether oxygens (including phenoxy) is 1. The summed E-state index contributed by atoms with van der Waals surface area (Å²) in [4.78, 5) is 26.7. The predicted molar refractivity (Wildman–Crippen MR) is 59.2 cm³/mol. The van der Waals surface area contributed by atoms with Crippen LogP contribution in [0.4, 0.5) is 0 Å². The van der Waals surface area contributed by atoms with Crippen LogP contribution in [-0.4, -0.2) is 72.2 Å². The Morgan fingerprint density at radius 2 is 2.29 bits per heavy atom. The van der Waals surface area contributed by atoms with Gasteiger partial charge in [-0.15, -0.1) is 0 Å². The molecule has 2 aliphatic rings. The molecule has 1 unspecified atom stereocenters. The number of carbonyl (C=O) groups excluding carboxylic acids is 2. The lowest BCUT2D eigenvalue weighted by Crippen LogP contribution is -2.53. The van der Waals surface area contributed by atoms with Gasteiger partial charge in [-0.25, -0.2) is 0 Å². The van der Waals surface area contributed by atoms with E-state index in [0.29, 0.717) is 32.7 Å². The van der Waals surface area contributed by atoms with Crippen molar-refractivity contribution in [3.63, 3.8) is 0 Å². The van der Waals surface area contributed by atoms with Crippen molar-refractivity contribution in [3.05, 3.63) is 0 Å². The van der Waals surface area contributed by atoms with Crippen LogP contribution in [0.1, 0.15) is 12.8 Å². The van der Waals surface area contributed by atoms with Crippen molar-refractivity contribution in [1.29, 1.82) is 0 Å². The summed E-state index contributed by atoms with van der Waals surface area (Å²) in [6.45, 7) is 2.06. The molecule has 2 fully saturated rings. The van der Waals surface area contributed by atoms with E-state index in [0.717, 1.165) is 6.42 Å². The predicted octanol–water partition coefficient (Wildman–Crippen LogP) is -1.17. The van der Waals surface area contributed by atoms with Crippen LogP contribution in [0.25, 0.3) is 0 Å². The summed E-state index contributed by atoms with van der Waals surface area (Å²) in [5.74, 6) is -0.0465. The molecule has 6 heteroatoms. The van der Waals surface area contributed by atoms with Gasteiger partial charge in [0.15, 0.2) is 0 Å². The van der Waals surface area contributed by atoms with E-state index in [1.165, 1.54) is 0 Å². The van der Waals surface area contributed by atoms with Crippen LogP contribution in [0, 0.1) is 0 Å². The van der Waals surface area contributed by atoms with Crippen molar-refractivity contribution in [1.82, 2.24) is 9.80 Å². The number of likely N-dealkylation sites (tertiary alicyclic amines) is 1. The summed E-state index contributed by atoms with van der Waals surface area (Å²) in [6, 6.07) is -0.269. The number of hydrogen-bond acceptors (Lipinski definition) is 4. The van der Waals surface area contributed by atoms with E-state index < -0.39 is 0 Å². The molecule has 1 atom stereocenters. The number of aliphatic hydroxyl groups excluding tert-OH is 1. The number of morpholine rings is 1. The Morgan fingerprint density at radius 1 is 1.47 bits per heavy atom. The highest BCUT2D eigenvalue weighted by Gasteiger charge is 2.30. The van der Waals surface area contributed by atoms with Gasteiger partial charge in [-0.3, -0.25) is 9.59 Å². The summed E-state index contributed by atoms with van der Waals surface area (Å²) < 4.78 is 5.21. The summed E-state index contributed by atoms with van der Waals surface area (Å²) >= 11 is 0. The lowest BCUT2D eigenvalue weighted by Gasteiger charge is -2.35. The van der Waals surface area contributed by atoms with Gasteiger partial charge in [0.25, 0.3) is 0 Å². The number of hydrogen-bond donors (Lipinski definition) is 1. The molecule has 0 aromatic carbocycles. The van der Waals surface area contributed by atoms with Gasteiger partial charge in [-0.05, 0) is 6.42 Å². The van der Waals surface area contributed by atoms with Gasteiger partial charge < -0.3 is 19.6 Å². The van der Waals surface area contributed by atoms with Crippen LogP contribution in [-0.2, 0) is 14.3 Å². The smallest absolute Gasteiger partial charge is 0.242 e. The molecule has 0 aromatic rings. The molecule has 2 aliphatic heterocycles. The molecule has 0 bridgehead atoms. The van der Waals surface area contributed by atoms with E-state index in [9.17, 15) is 9.59 Å². The lowest BCUT2D eigenvalue weighted by molar-refractivity contribution is -0.145. The van der Waals surface area contributed by atoms with E-state index in [2.05, 4.69) is 0 Å². The van der Waals surface area contributed by atoms with Crippen molar-refractivity contribution < 1.29 is 19.4 Å². The summed E-state index contributed by atoms with van der Waals surface area (Å²) in [5, 5.41) is 9.17. The molecule has 0 aliphatic carbocycles. The number of amides is 2. The van der Waals surface area contributed by atoms with E-state index in [-0.39, 0.29) is 31.0 Å². The SMILES string of the molecule is O=C1CCCN1CC(=O)N1CCOCC1CO. The van der Waals surface area contributed by atoms with E-state index in [1.807, 2.05) is 0 Å². The van der Waals surface area contributed by atoms with Crippen molar-refractivity contribution >= 4 is 11.8 Å². The summed E-state index contributed by atoms with van der Waals surface area (Å²) in [5.41, 5.74) is 0. The molecular formula is C11H18N2O4. The highest BCUT2D eigenvalue weighted by Crippen LogP contribution is 2.12. The highest BCUT2D eigenvalue weighted by atomic mass is 16.5. The van der Waals surface area contributed by atoms with Gasteiger partial charge in [-0.2, -0.15) is 0 Å². The van der Waals surface area contributed by atoms with Crippen LogP contribution in [0.5, 0.6) is 0 Å². The Labute approximate surface area is 100 Å². The Kier molecular flexibility index (Phi) is 3.96. The number of rotatable bonds is 3. The third kappa shape index (κ3) is 2.76. The Hall–Kier alpha value is -1.14. The minimum Gasteiger partial charge on any atom is -0.394 e. The zero-order chi connectivity index (χ0) is 12.3. The van der Waals surface area contributed by atoms with Gasteiger partial charge in [0.2, 0.25) is 11.8 Å². The first kappa shape index (κ1) is 12.3. The second kappa shape index (κ2) is 5.46. The maximum absolute atomic E-state index is 12.0. The molecule has 2 saturated heterocycles. The fraction of sp³-hybridized carbons (Fsp3) is 0.818. The van der Waals surface area contributed by atoms with Crippen LogP contribution in [0.15, 0.2) is 0 Å². The third-order valence-corrected chi connectivity index (χ3v) is 3.26. The standard InChI is InChI=1S/C11H18N2O4/c14-7-9-8-17-5-4-13(9)11(16)6-12-3-1-2-10(12)15/h9,14H,1-8H2. The number of aliphatic hydroxyl groups is 1. The topological polar surface area (TPSA) is 70.1 Å². The van der Waals surface area contributed by atoms with Gasteiger partial charge in [0, 0.05) is 19.5 Å². The molecule has 2 amide bonds. The van der Waals surface area contributed by atoms with Crippen molar-refractivity contribution in [2.24, 2.45) is 0 Å². The molecule has 96 valence electrons. The van der Waals surface area contributed by atoms with E-state index >= 15 is 0 Å². The summed E-state index contributed by atoms with van der Waals surface area (Å²) in [6.07, 6.45) is 1.37. The molecule has 0 radical (unpaired) electrons. The van der Waals surface area contributed by atoms with Crippen LogP contribution < -0.4 is 0 Å². The average molecular weight is 242 g/mol. The molecule has 2 heterocycles. The van der Waals surface area contributed by atoms with Crippen LogP contribution in [0.2, 0.25) is 0 Å². The molecule has 17 heavy (non-hydrogen) atoms. The molecule has 2 rings (SSSR count). The number of nitrogens with zero attached hydrogens (tertiary/aromatic N) is 2. The molecule has 0 spiro atoms. The molecule has 0 aromatic heterocycles. The van der Waals surface area contributed by atoms with E-state index in [1.54, 1.807) is 9.80 Å². The van der Waals surface area contributed by atoms with Crippen LogP contribution >= 0.6 is 0 Å². The Bertz CT molecular complexity index is 308. The third-order valence-electron chi connectivity index (χ3n) is 3.26. The molecule has 1 N–H and O–H groups in total. The first-order valence-electron chi connectivity index (χ1n) is 5.98. The van der Waals surface area contributed by atoms with E-state index in [4.69, 9.17) is 9.84 Å². The maximum Gasteiger partial charge on any atom is 0.242 e. The Balaban J connectivity index is 1.91. The van der Waals surface area contributed by atoms with Crippen molar-refractivity contribution in [2.75, 3.05) is 39.5 Å². The zero-order valence-corrected chi connectivity index (χ0v) is 9.80. The molecular weight excluding hydrogens is 224 g/mol. The second-order valence-electron chi connectivity index (χ2n) is 4.42. The van der Waals surface area contributed by atoms with Gasteiger partial charge in [0.05, 0.1) is 32.4 Å². The highest BCUT2D eigenvalue weighted by molar-refractivity contribution is 5.86.